The molecule has 0 unspecified atom stereocenters. The molecule has 0 bridgehead atoms. The van der Waals surface area contributed by atoms with Gasteiger partial charge in [-0.05, 0) is 30.7 Å². The molecule has 1 aromatic carbocycles. The maximum absolute atomic E-state index is 13.6. The number of nitrogens with zero attached hydrogens (tertiary/aromatic N) is 2. The summed E-state index contributed by atoms with van der Waals surface area (Å²) in [5, 5.41) is -0.0814. The van der Waals surface area contributed by atoms with Crippen LogP contribution in [0.15, 0.2) is 18.2 Å². The topological polar surface area (TPSA) is 61.0 Å². The number of nitrogens with two attached hydrogens (primary N) is 1. The van der Waals surface area contributed by atoms with Gasteiger partial charge in [-0.3, -0.25) is 0 Å². The molecule has 0 aliphatic rings. The van der Waals surface area contributed by atoms with Crippen LogP contribution in [0.5, 0.6) is 11.6 Å². The Morgan fingerprint density at radius 1 is 1.28 bits per heavy atom. The Kier molecular flexibility index (Phi) is 3.54. The molecule has 2 N–H and O–H groups in total. The lowest BCUT2D eigenvalue weighted by atomic mass is 10.3. The normalized spacial score (nSPS) is 10.4. The number of nitrogen functional groups attached to an aromatic ring is 1. The van der Waals surface area contributed by atoms with E-state index in [9.17, 15) is 4.39 Å². The van der Waals surface area contributed by atoms with E-state index >= 15 is 0 Å². The highest BCUT2D eigenvalue weighted by atomic mass is 35.5. The van der Waals surface area contributed by atoms with Gasteiger partial charge in [0, 0.05) is 0 Å². The fourth-order valence-corrected chi connectivity index (χ4v) is 1.64. The van der Waals surface area contributed by atoms with E-state index in [0.29, 0.717) is 5.69 Å². The predicted molar refractivity (Wildman–Crippen MR) is 67.7 cm³/mol. The number of halogens is 3. The first-order valence-corrected chi connectivity index (χ1v) is 5.66. The summed E-state index contributed by atoms with van der Waals surface area (Å²) >= 11 is 11.3. The third kappa shape index (κ3) is 2.47. The molecule has 0 aliphatic carbocycles. The van der Waals surface area contributed by atoms with Gasteiger partial charge in [-0.2, -0.15) is 4.98 Å². The molecule has 1 heterocycles. The van der Waals surface area contributed by atoms with Crippen LogP contribution in [0.25, 0.3) is 0 Å². The van der Waals surface area contributed by atoms with Crippen molar-refractivity contribution in [2.24, 2.45) is 0 Å². The summed E-state index contributed by atoms with van der Waals surface area (Å²) in [6.07, 6.45) is 0. The van der Waals surface area contributed by atoms with E-state index in [4.69, 9.17) is 33.7 Å². The van der Waals surface area contributed by atoms with E-state index < -0.39 is 5.82 Å². The van der Waals surface area contributed by atoms with Gasteiger partial charge in [-0.1, -0.05) is 17.7 Å². The van der Waals surface area contributed by atoms with Gasteiger partial charge in [0.1, 0.15) is 5.69 Å². The van der Waals surface area contributed by atoms with Crippen LogP contribution in [0.2, 0.25) is 10.3 Å². The Labute approximate surface area is 113 Å². The van der Waals surface area contributed by atoms with E-state index in [1.54, 1.807) is 13.0 Å². The van der Waals surface area contributed by atoms with Crippen molar-refractivity contribution in [3.63, 3.8) is 0 Å². The highest BCUT2D eigenvalue weighted by Crippen LogP contribution is 2.31. The maximum atomic E-state index is 13.6. The molecule has 0 aliphatic heterocycles. The van der Waals surface area contributed by atoms with Crippen molar-refractivity contribution in [1.29, 1.82) is 0 Å². The second-order valence-corrected chi connectivity index (χ2v) is 4.20. The molecule has 0 fully saturated rings. The zero-order valence-electron chi connectivity index (χ0n) is 9.25. The molecule has 0 saturated carbocycles. The van der Waals surface area contributed by atoms with Crippen molar-refractivity contribution >= 4 is 28.9 Å². The molecule has 94 valence electrons. The summed E-state index contributed by atoms with van der Waals surface area (Å²) in [6, 6.07) is 4.36. The van der Waals surface area contributed by atoms with Crippen molar-refractivity contribution in [2.45, 2.75) is 6.92 Å². The minimum Gasteiger partial charge on any atom is -0.434 e. The molecule has 0 spiro atoms. The summed E-state index contributed by atoms with van der Waals surface area (Å²) in [6.45, 7) is 1.64. The number of hydrogen-bond acceptors (Lipinski definition) is 4. The lowest BCUT2D eigenvalue weighted by Crippen LogP contribution is -2.01. The van der Waals surface area contributed by atoms with Crippen molar-refractivity contribution in [3.05, 3.63) is 40.0 Å². The summed E-state index contributed by atoms with van der Waals surface area (Å²) in [7, 11) is 0. The van der Waals surface area contributed by atoms with E-state index in [-0.39, 0.29) is 27.6 Å². The van der Waals surface area contributed by atoms with Gasteiger partial charge in [0.15, 0.2) is 11.6 Å². The zero-order chi connectivity index (χ0) is 13.3. The van der Waals surface area contributed by atoms with Crippen molar-refractivity contribution in [1.82, 2.24) is 9.97 Å². The Morgan fingerprint density at radius 2 is 2.00 bits per heavy atom. The van der Waals surface area contributed by atoms with Crippen molar-refractivity contribution in [3.8, 4) is 11.6 Å². The first-order chi connectivity index (χ1) is 8.49. The second kappa shape index (κ2) is 4.96. The molecule has 0 saturated heterocycles. The third-order valence-corrected chi connectivity index (χ3v) is 2.66. The predicted octanol–water partition coefficient (Wildman–Crippen LogP) is 3.61. The van der Waals surface area contributed by atoms with Crippen LogP contribution in [-0.2, 0) is 0 Å². The Morgan fingerprint density at radius 3 is 2.72 bits per heavy atom. The SMILES string of the molecule is Cc1nc(Cl)nc(Oc2cccc(Cl)c2F)c1N. The molecule has 2 rings (SSSR count). The average molecular weight is 288 g/mol. The summed E-state index contributed by atoms with van der Waals surface area (Å²) in [4.78, 5) is 7.64. The minimum atomic E-state index is -0.689. The van der Waals surface area contributed by atoms with Gasteiger partial charge < -0.3 is 10.5 Å². The highest BCUT2D eigenvalue weighted by molar-refractivity contribution is 6.30. The smallest absolute Gasteiger partial charge is 0.247 e. The number of aryl methyl sites for hydroxylation is 1. The molecule has 0 radical (unpaired) electrons. The molecule has 4 nitrogen and oxygen atoms in total. The van der Waals surface area contributed by atoms with E-state index in [1.807, 2.05) is 0 Å². The summed E-state index contributed by atoms with van der Waals surface area (Å²) in [5.74, 6) is -0.775. The summed E-state index contributed by atoms with van der Waals surface area (Å²) < 4.78 is 18.9. The van der Waals surface area contributed by atoms with Crippen LogP contribution >= 0.6 is 23.2 Å². The zero-order valence-corrected chi connectivity index (χ0v) is 10.8. The van der Waals surface area contributed by atoms with Gasteiger partial charge in [-0.15, -0.1) is 0 Å². The number of rotatable bonds is 2. The molecule has 0 atom stereocenters. The number of anilines is 1. The van der Waals surface area contributed by atoms with Gasteiger partial charge in [0.25, 0.3) is 0 Å². The van der Waals surface area contributed by atoms with Crippen molar-refractivity contribution in [2.75, 3.05) is 5.73 Å². The van der Waals surface area contributed by atoms with E-state index in [2.05, 4.69) is 9.97 Å². The number of hydrogen-bond donors (Lipinski definition) is 1. The fraction of sp³-hybridized carbons (Fsp3) is 0.0909. The maximum Gasteiger partial charge on any atom is 0.247 e. The number of ether oxygens (including phenoxy) is 1. The third-order valence-electron chi connectivity index (χ3n) is 2.20. The van der Waals surface area contributed by atoms with Crippen LogP contribution in [0.1, 0.15) is 5.69 Å². The molecule has 7 heteroatoms. The lowest BCUT2D eigenvalue weighted by Gasteiger charge is -2.10. The Bertz CT molecular complexity index is 607. The van der Waals surface area contributed by atoms with Crippen LogP contribution in [-0.4, -0.2) is 9.97 Å². The number of aromatic nitrogens is 2. The highest BCUT2D eigenvalue weighted by Gasteiger charge is 2.14. The monoisotopic (exact) mass is 287 g/mol. The van der Waals surface area contributed by atoms with Crippen LogP contribution in [0, 0.1) is 12.7 Å². The molecule has 18 heavy (non-hydrogen) atoms. The average Bonchev–Trinajstić information content (AvgIpc) is 2.31. The Hall–Kier alpha value is -1.59. The first kappa shape index (κ1) is 12.9. The molecular formula is C11H8Cl2FN3O. The van der Waals surface area contributed by atoms with Gasteiger partial charge in [0.2, 0.25) is 11.2 Å². The molecule has 2 aromatic rings. The van der Waals surface area contributed by atoms with Gasteiger partial charge in [0.05, 0.1) is 10.7 Å². The van der Waals surface area contributed by atoms with Crippen LogP contribution in [0.4, 0.5) is 10.1 Å². The number of benzene rings is 1. The van der Waals surface area contributed by atoms with Crippen LogP contribution in [0.3, 0.4) is 0 Å². The first-order valence-electron chi connectivity index (χ1n) is 4.90. The molecule has 0 amide bonds. The van der Waals surface area contributed by atoms with Crippen molar-refractivity contribution < 1.29 is 9.13 Å². The lowest BCUT2D eigenvalue weighted by molar-refractivity contribution is 0.428. The van der Waals surface area contributed by atoms with Crippen LogP contribution < -0.4 is 10.5 Å². The molecular weight excluding hydrogens is 280 g/mol. The standard InChI is InChI=1S/C11H8Cl2FN3O/c1-5-9(15)10(17-11(13)16-5)18-7-4-2-3-6(12)8(7)14/h2-4H,15H2,1H3. The second-order valence-electron chi connectivity index (χ2n) is 3.45. The van der Waals surface area contributed by atoms with Gasteiger partial charge >= 0.3 is 0 Å². The largest absolute Gasteiger partial charge is 0.434 e. The quantitative estimate of drug-likeness (QED) is 0.857. The van der Waals surface area contributed by atoms with E-state index in [0.717, 1.165) is 0 Å². The van der Waals surface area contributed by atoms with Gasteiger partial charge in [-0.25, -0.2) is 9.37 Å². The Balaban J connectivity index is 2.43. The fourth-order valence-electron chi connectivity index (χ4n) is 1.27. The summed E-state index contributed by atoms with van der Waals surface area (Å²) in [5.41, 5.74) is 6.37. The van der Waals surface area contributed by atoms with E-state index in [1.165, 1.54) is 12.1 Å². The molecule has 1 aromatic heterocycles. The minimum absolute atomic E-state index is 0.00586.